The monoisotopic (exact) mass is 502 g/mol. The number of methoxy groups -OCH3 is 1. The number of rotatable bonds is 7. The van der Waals surface area contributed by atoms with Gasteiger partial charge in [-0.2, -0.15) is 13.2 Å². The summed E-state index contributed by atoms with van der Waals surface area (Å²) >= 11 is 0. The molecule has 3 amide bonds. The van der Waals surface area contributed by atoms with Crippen LogP contribution in [0.4, 0.5) is 23.7 Å². The summed E-state index contributed by atoms with van der Waals surface area (Å²) in [7, 11) is 1.22. The molecule has 0 aromatic heterocycles. The van der Waals surface area contributed by atoms with Gasteiger partial charge in [-0.15, -0.1) is 0 Å². The highest BCUT2D eigenvalue weighted by molar-refractivity contribution is 5.93. The quantitative estimate of drug-likeness (QED) is 0.557. The van der Waals surface area contributed by atoms with E-state index in [0.717, 1.165) is 6.07 Å². The summed E-state index contributed by atoms with van der Waals surface area (Å²) in [6.45, 7) is 6.77. The Morgan fingerprint density at radius 3 is 2.37 bits per heavy atom. The molecule has 35 heavy (non-hydrogen) atoms. The van der Waals surface area contributed by atoms with Gasteiger partial charge in [0.1, 0.15) is 0 Å². The van der Waals surface area contributed by atoms with E-state index in [1.807, 2.05) is 20.8 Å². The van der Waals surface area contributed by atoms with E-state index >= 15 is 0 Å². The molecule has 0 spiro atoms. The maximum absolute atomic E-state index is 13.2. The van der Waals surface area contributed by atoms with Crippen molar-refractivity contribution in [2.75, 3.05) is 51.8 Å². The van der Waals surface area contributed by atoms with E-state index in [2.05, 4.69) is 10.6 Å². The number of carbonyl (C=O) groups is 3. The van der Waals surface area contributed by atoms with Crippen molar-refractivity contribution in [2.45, 2.75) is 45.0 Å². The van der Waals surface area contributed by atoms with Crippen molar-refractivity contribution in [1.29, 1.82) is 0 Å². The fourth-order valence-corrected chi connectivity index (χ4v) is 3.45. The molecule has 9 nitrogen and oxygen atoms in total. The van der Waals surface area contributed by atoms with E-state index in [1.165, 1.54) is 30.2 Å². The van der Waals surface area contributed by atoms with Crippen molar-refractivity contribution in [3.8, 4) is 0 Å². The minimum Gasteiger partial charge on any atom is -0.467 e. The van der Waals surface area contributed by atoms with Gasteiger partial charge in [-0.05, 0) is 39.3 Å². The summed E-state index contributed by atoms with van der Waals surface area (Å²) in [5.41, 5.74) is -1.73. The van der Waals surface area contributed by atoms with Crippen LogP contribution in [-0.4, -0.2) is 85.8 Å². The van der Waals surface area contributed by atoms with Gasteiger partial charge in [0, 0.05) is 26.2 Å². The highest BCUT2D eigenvalue weighted by Crippen LogP contribution is 2.34. The molecule has 1 aliphatic rings. The van der Waals surface area contributed by atoms with Gasteiger partial charge < -0.3 is 25.0 Å². The number of hydrogen-bond donors (Lipinski definition) is 2. The molecule has 1 unspecified atom stereocenters. The van der Waals surface area contributed by atoms with E-state index in [-0.39, 0.29) is 25.4 Å². The van der Waals surface area contributed by atoms with Gasteiger partial charge in [0.25, 0.3) is 0 Å². The summed E-state index contributed by atoms with van der Waals surface area (Å²) in [6.07, 6.45) is -4.04. The van der Waals surface area contributed by atoms with Crippen LogP contribution in [0.5, 0.6) is 0 Å². The first-order valence-corrected chi connectivity index (χ1v) is 11.3. The highest BCUT2D eigenvalue weighted by atomic mass is 19.4. The number of nitrogens with one attached hydrogen (secondary N) is 2. The fraction of sp³-hybridized carbons (Fsp3) is 0.609. The zero-order valence-corrected chi connectivity index (χ0v) is 20.4. The zero-order valence-electron chi connectivity index (χ0n) is 20.4. The molecule has 0 radical (unpaired) electrons. The first-order chi connectivity index (χ1) is 16.3. The molecular formula is C23H33F3N4O5. The number of esters is 1. The SMILES string of the molecule is COC(=O)C(COC(C)(C)C)NC(=O)N1CCCN(CC(=O)Nc2ccccc2C(F)(F)F)CC1. The number of halogens is 3. The normalized spacial score (nSPS) is 16.3. The molecule has 1 fully saturated rings. The number of carbonyl (C=O) groups excluding carboxylic acids is 3. The predicted molar refractivity (Wildman–Crippen MR) is 123 cm³/mol. The smallest absolute Gasteiger partial charge is 0.418 e. The molecule has 0 bridgehead atoms. The van der Waals surface area contributed by atoms with Crippen LogP contribution >= 0.6 is 0 Å². The van der Waals surface area contributed by atoms with Crippen LogP contribution in [0.2, 0.25) is 0 Å². The summed E-state index contributed by atoms with van der Waals surface area (Å²) in [4.78, 5) is 40.5. The van der Waals surface area contributed by atoms with E-state index < -0.39 is 41.3 Å². The van der Waals surface area contributed by atoms with Crippen molar-refractivity contribution < 1.29 is 37.0 Å². The fourth-order valence-electron chi connectivity index (χ4n) is 3.45. The summed E-state index contributed by atoms with van der Waals surface area (Å²) in [6, 6.07) is 3.34. The number of urea groups is 1. The minimum atomic E-state index is -4.58. The largest absolute Gasteiger partial charge is 0.467 e. The first-order valence-electron chi connectivity index (χ1n) is 11.3. The van der Waals surface area contributed by atoms with Crippen LogP contribution in [0.1, 0.15) is 32.8 Å². The summed E-state index contributed by atoms with van der Waals surface area (Å²) in [5.74, 6) is -1.21. The lowest BCUT2D eigenvalue weighted by Crippen LogP contribution is -2.51. The van der Waals surface area contributed by atoms with Crippen molar-refractivity contribution in [2.24, 2.45) is 0 Å². The number of anilines is 1. The zero-order chi connectivity index (χ0) is 26.2. The molecule has 12 heteroatoms. The molecule has 2 N–H and O–H groups in total. The third-order valence-electron chi connectivity index (χ3n) is 5.22. The van der Waals surface area contributed by atoms with E-state index in [4.69, 9.17) is 9.47 Å². The molecule has 1 aromatic rings. The van der Waals surface area contributed by atoms with E-state index in [1.54, 1.807) is 4.90 Å². The lowest BCUT2D eigenvalue weighted by atomic mass is 10.1. The highest BCUT2D eigenvalue weighted by Gasteiger charge is 2.34. The molecule has 1 saturated heterocycles. The van der Waals surface area contributed by atoms with E-state index in [9.17, 15) is 27.6 Å². The van der Waals surface area contributed by atoms with Crippen LogP contribution < -0.4 is 10.6 Å². The lowest BCUT2D eigenvalue weighted by molar-refractivity contribution is -0.146. The molecule has 0 aliphatic carbocycles. The number of para-hydroxylation sites is 1. The standard InChI is InChI=1S/C23H33F3N4O5/c1-22(2,3)35-15-18(20(32)34-4)28-21(33)30-11-7-10-29(12-13-30)14-19(31)27-17-9-6-5-8-16(17)23(24,25)26/h5-6,8-9,18H,7,10-15H2,1-4H3,(H,27,31)(H,28,33). The molecule has 1 aromatic carbocycles. The van der Waals surface area contributed by atoms with Crippen LogP contribution in [0.25, 0.3) is 0 Å². The number of ether oxygens (including phenoxy) is 2. The number of hydrogen-bond acceptors (Lipinski definition) is 6. The van der Waals surface area contributed by atoms with Gasteiger partial charge in [-0.1, -0.05) is 12.1 Å². The number of nitrogens with zero attached hydrogens (tertiary/aromatic N) is 2. The van der Waals surface area contributed by atoms with Crippen LogP contribution in [-0.2, 0) is 25.2 Å². The molecule has 196 valence electrons. The lowest BCUT2D eigenvalue weighted by Gasteiger charge is -2.27. The van der Waals surface area contributed by atoms with Crippen molar-refractivity contribution in [3.05, 3.63) is 29.8 Å². The minimum absolute atomic E-state index is 0.0541. The van der Waals surface area contributed by atoms with Gasteiger partial charge in [0.05, 0.1) is 37.1 Å². The van der Waals surface area contributed by atoms with Gasteiger partial charge in [-0.3, -0.25) is 9.69 Å². The summed E-state index contributed by atoms with van der Waals surface area (Å²) in [5, 5.41) is 4.96. The number of benzene rings is 1. The third kappa shape index (κ3) is 9.36. The summed E-state index contributed by atoms with van der Waals surface area (Å²) < 4.78 is 49.8. The molecule has 1 atom stereocenters. The first kappa shape index (κ1) is 28.4. The van der Waals surface area contributed by atoms with Crippen LogP contribution in [0.15, 0.2) is 24.3 Å². The molecule has 2 rings (SSSR count). The number of amides is 3. The van der Waals surface area contributed by atoms with Gasteiger partial charge >= 0.3 is 18.2 Å². The predicted octanol–water partition coefficient (Wildman–Crippen LogP) is 2.72. The Labute approximate surface area is 202 Å². The maximum atomic E-state index is 13.2. The molecular weight excluding hydrogens is 469 g/mol. The average molecular weight is 503 g/mol. The Hall–Kier alpha value is -2.86. The second-order valence-corrected chi connectivity index (χ2v) is 9.16. The van der Waals surface area contributed by atoms with Gasteiger partial charge in [0.2, 0.25) is 5.91 Å². The molecule has 1 aliphatic heterocycles. The third-order valence-corrected chi connectivity index (χ3v) is 5.22. The Balaban J connectivity index is 1.91. The van der Waals surface area contributed by atoms with Crippen molar-refractivity contribution in [1.82, 2.24) is 15.1 Å². The average Bonchev–Trinajstić information content (AvgIpc) is 3.00. The Morgan fingerprint density at radius 2 is 1.74 bits per heavy atom. The Bertz CT molecular complexity index is 889. The van der Waals surface area contributed by atoms with E-state index in [0.29, 0.717) is 26.1 Å². The molecule has 1 heterocycles. The maximum Gasteiger partial charge on any atom is 0.418 e. The van der Waals surface area contributed by atoms with Crippen molar-refractivity contribution >= 4 is 23.6 Å². The second-order valence-electron chi connectivity index (χ2n) is 9.16. The van der Waals surface area contributed by atoms with Crippen LogP contribution in [0, 0.1) is 0 Å². The Kier molecular flexibility index (Phi) is 9.90. The topological polar surface area (TPSA) is 100 Å². The number of alkyl halides is 3. The van der Waals surface area contributed by atoms with Crippen LogP contribution in [0.3, 0.4) is 0 Å². The van der Waals surface area contributed by atoms with Gasteiger partial charge in [0.15, 0.2) is 6.04 Å². The van der Waals surface area contributed by atoms with Crippen molar-refractivity contribution in [3.63, 3.8) is 0 Å². The second kappa shape index (κ2) is 12.2. The molecule has 0 saturated carbocycles. The Morgan fingerprint density at radius 1 is 1.06 bits per heavy atom. The van der Waals surface area contributed by atoms with Gasteiger partial charge in [-0.25, -0.2) is 9.59 Å².